The summed E-state index contributed by atoms with van der Waals surface area (Å²) in [4.78, 5) is 22.6. The summed E-state index contributed by atoms with van der Waals surface area (Å²) in [5.74, 6) is -0.483. The molecule has 2 N–H and O–H groups in total. The molecule has 0 saturated heterocycles. The Morgan fingerprint density at radius 2 is 1.79 bits per heavy atom. The van der Waals surface area contributed by atoms with E-state index >= 15 is 0 Å². The number of carbonyl (C=O) groups excluding carboxylic acids is 1. The van der Waals surface area contributed by atoms with E-state index in [1.54, 1.807) is 12.1 Å². The van der Waals surface area contributed by atoms with Gasteiger partial charge in [-0.25, -0.2) is 8.42 Å². The zero-order chi connectivity index (χ0) is 24.2. The second-order valence-electron chi connectivity index (χ2n) is 6.75. The molecule has 0 atom stereocenters. The number of sulfonamides is 1. The zero-order valence-electron chi connectivity index (χ0n) is 17.0. The number of nitro groups is 1. The van der Waals surface area contributed by atoms with Gasteiger partial charge in [0.15, 0.2) is 6.61 Å². The number of ether oxygens (including phenoxy) is 1. The molecule has 3 rings (SSSR count). The fourth-order valence-electron chi connectivity index (χ4n) is 2.78. The molecule has 3 aromatic rings. The Bertz CT molecular complexity index is 1310. The van der Waals surface area contributed by atoms with Gasteiger partial charge in [0, 0.05) is 16.8 Å². The fraction of sp³-hybridized carbons (Fsp3) is 0.0952. The Balaban J connectivity index is 1.66. The topological polar surface area (TPSA) is 128 Å². The third kappa shape index (κ3) is 6.13. The highest BCUT2D eigenvalue weighted by atomic mass is 35.5. The third-order valence-corrected chi connectivity index (χ3v) is 6.37. The molecule has 0 aliphatic carbocycles. The first-order valence-electron chi connectivity index (χ1n) is 9.31. The number of hydrogen-bond acceptors (Lipinski definition) is 6. The SMILES string of the molecule is Cc1c(NC(=O)COc2ccc(S(=O)(=O)Nc3ccc(Cl)cc3)cc2Cl)cccc1[N+](=O)[O-]. The molecule has 9 nitrogen and oxygen atoms in total. The highest BCUT2D eigenvalue weighted by Crippen LogP contribution is 2.29. The van der Waals surface area contributed by atoms with E-state index < -0.39 is 27.5 Å². The molecule has 0 saturated carbocycles. The smallest absolute Gasteiger partial charge is 0.274 e. The van der Waals surface area contributed by atoms with Gasteiger partial charge in [0.2, 0.25) is 0 Å². The van der Waals surface area contributed by atoms with Crippen molar-refractivity contribution in [3.63, 3.8) is 0 Å². The number of hydrogen-bond donors (Lipinski definition) is 2. The molecule has 0 radical (unpaired) electrons. The van der Waals surface area contributed by atoms with Gasteiger partial charge in [0.05, 0.1) is 26.1 Å². The number of nitrogens with one attached hydrogen (secondary N) is 2. The maximum Gasteiger partial charge on any atom is 0.274 e. The van der Waals surface area contributed by atoms with Gasteiger partial charge >= 0.3 is 0 Å². The highest BCUT2D eigenvalue weighted by molar-refractivity contribution is 7.92. The number of carbonyl (C=O) groups is 1. The third-order valence-electron chi connectivity index (χ3n) is 4.44. The van der Waals surface area contributed by atoms with E-state index in [9.17, 15) is 23.3 Å². The van der Waals surface area contributed by atoms with E-state index in [-0.39, 0.29) is 27.0 Å². The number of benzene rings is 3. The van der Waals surface area contributed by atoms with E-state index in [1.165, 1.54) is 55.5 Å². The van der Waals surface area contributed by atoms with Crippen LogP contribution in [0.25, 0.3) is 0 Å². The van der Waals surface area contributed by atoms with Gasteiger partial charge in [0.25, 0.3) is 21.6 Å². The minimum atomic E-state index is -3.92. The van der Waals surface area contributed by atoms with E-state index in [2.05, 4.69) is 10.0 Å². The summed E-state index contributed by atoms with van der Waals surface area (Å²) in [6.07, 6.45) is 0. The van der Waals surface area contributed by atoms with Gasteiger partial charge in [-0.2, -0.15) is 0 Å². The van der Waals surface area contributed by atoms with Crippen molar-refractivity contribution in [1.29, 1.82) is 0 Å². The van der Waals surface area contributed by atoms with Crippen LogP contribution in [0.2, 0.25) is 10.0 Å². The summed E-state index contributed by atoms with van der Waals surface area (Å²) >= 11 is 11.9. The molecule has 0 unspecified atom stereocenters. The van der Waals surface area contributed by atoms with Crippen LogP contribution in [0.15, 0.2) is 65.6 Å². The Labute approximate surface area is 199 Å². The molecule has 1 amide bonds. The summed E-state index contributed by atoms with van der Waals surface area (Å²) in [6.45, 7) is 1.07. The van der Waals surface area contributed by atoms with Gasteiger partial charge in [-0.3, -0.25) is 19.6 Å². The molecule has 33 heavy (non-hydrogen) atoms. The molecule has 0 fully saturated rings. The molecule has 12 heteroatoms. The number of amides is 1. The van der Waals surface area contributed by atoms with Crippen molar-refractivity contribution < 1.29 is 22.9 Å². The number of halogens is 2. The normalized spacial score (nSPS) is 11.0. The second kappa shape index (κ2) is 10.1. The quantitative estimate of drug-likeness (QED) is 0.323. The lowest BCUT2D eigenvalue weighted by atomic mass is 10.1. The van der Waals surface area contributed by atoms with Crippen molar-refractivity contribution in [3.05, 3.63) is 86.4 Å². The van der Waals surface area contributed by atoms with Gasteiger partial charge < -0.3 is 10.1 Å². The summed E-state index contributed by atoms with van der Waals surface area (Å²) in [6, 6.07) is 14.2. The van der Waals surface area contributed by atoms with Crippen LogP contribution in [0.4, 0.5) is 17.1 Å². The Hall–Kier alpha value is -3.34. The van der Waals surface area contributed by atoms with Gasteiger partial charge in [0.1, 0.15) is 5.75 Å². The number of nitro benzene ring substituents is 1. The largest absolute Gasteiger partial charge is 0.482 e. The van der Waals surface area contributed by atoms with Crippen molar-refractivity contribution >= 4 is 56.2 Å². The molecule has 0 aliphatic heterocycles. The monoisotopic (exact) mass is 509 g/mol. The average Bonchev–Trinajstić information content (AvgIpc) is 2.75. The summed E-state index contributed by atoms with van der Waals surface area (Å²) in [7, 11) is -3.92. The fourth-order valence-corrected chi connectivity index (χ4v) is 4.29. The van der Waals surface area contributed by atoms with Crippen LogP contribution in [-0.4, -0.2) is 25.9 Å². The summed E-state index contributed by atoms with van der Waals surface area (Å²) in [5, 5.41) is 14.0. The number of anilines is 2. The van der Waals surface area contributed by atoms with Crippen molar-refractivity contribution in [2.45, 2.75) is 11.8 Å². The molecule has 0 spiro atoms. The van der Waals surface area contributed by atoms with Crippen molar-refractivity contribution in [1.82, 2.24) is 0 Å². The van der Waals surface area contributed by atoms with Crippen molar-refractivity contribution in [2.75, 3.05) is 16.6 Å². The van der Waals surface area contributed by atoms with Crippen molar-refractivity contribution in [3.8, 4) is 5.75 Å². The van der Waals surface area contributed by atoms with E-state index in [4.69, 9.17) is 27.9 Å². The molecular formula is C21H17Cl2N3O6S. The second-order valence-corrected chi connectivity index (χ2v) is 9.27. The molecule has 3 aromatic carbocycles. The standard InChI is InChI=1S/C21H17Cl2N3O6S/c1-13-18(3-2-4-19(13)26(28)29)24-21(27)12-32-20-10-9-16(11-17(20)23)33(30,31)25-15-7-5-14(22)6-8-15/h2-11,25H,12H2,1H3,(H,24,27). The lowest BCUT2D eigenvalue weighted by Crippen LogP contribution is -2.21. The van der Waals surface area contributed by atoms with Gasteiger partial charge in [-0.15, -0.1) is 0 Å². The molecule has 0 bridgehead atoms. The van der Waals surface area contributed by atoms with Crippen LogP contribution in [-0.2, 0) is 14.8 Å². The van der Waals surface area contributed by atoms with Crippen LogP contribution in [0, 0.1) is 17.0 Å². The predicted octanol–water partition coefficient (Wildman–Crippen LogP) is 5.03. The van der Waals surface area contributed by atoms with Crippen LogP contribution < -0.4 is 14.8 Å². The van der Waals surface area contributed by atoms with Crippen LogP contribution in [0.1, 0.15) is 5.56 Å². The Morgan fingerprint density at radius 3 is 2.42 bits per heavy atom. The Kier molecular flexibility index (Phi) is 7.42. The zero-order valence-corrected chi connectivity index (χ0v) is 19.4. The minimum Gasteiger partial charge on any atom is -0.482 e. The van der Waals surface area contributed by atoms with Crippen molar-refractivity contribution in [2.24, 2.45) is 0 Å². The summed E-state index contributed by atoms with van der Waals surface area (Å²) < 4.78 is 32.9. The van der Waals surface area contributed by atoms with Crippen LogP contribution in [0.5, 0.6) is 5.75 Å². The first kappa shape index (κ1) is 24.3. The molecule has 0 aliphatic rings. The maximum absolute atomic E-state index is 12.6. The lowest BCUT2D eigenvalue weighted by molar-refractivity contribution is -0.385. The van der Waals surface area contributed by atoms with Gasteiger partial charge in [-0.1, -0.05) is 29.3 Å². The first-order chi connectivity index (χ1) is 15.6. The maximum atomic E-state index is 12.6. The number of nitrogens with zero attached hydrogens (tertiary/aromatic N) is 1. The number of rotatable bonds is 8. The molecule has 0 aromatic heterocycles. The minimum absolute atomic E-state index is 0.0201. The molecular weight excluding hydrogens is 493 g/mol. The average molecular weight is 510 g/mol. The summed E-state index contributed by atoms with van der Waals surface area (Å²) in [5.41, 5.74) is 0.778. The van der Waals surface area contributed by atoms with E-state index in [0.717, 1.165) is 0 Å². The van der Waals surface area contributed by atoms with E-state index in [1.807, 2.05) is 0 Å². The molecule has 172 valence electrons. The van der Waals surface area contributed by atoms with Gasteiger partial charge in [-0.05, 0) is 55.5 Å². The Morgan fingerprint density at radius 1 is 1.09 bits per heavy atom. The first-order valence-corrected chi connectivity index (χ1v) is 11.6. The predicted molar refractivity (Wildman–Crippen MR) is 126 cm³/mol. The van der Waals surface area contributed by atoms with Crippen LogP contribution >= 0.6 is 23.2 Å². The lowest BCUT2D eigenvalue weighted by Gasteiger charge is -2.12. The van der Waals surface area contributed by atoms with E-state index in [0.29, 0.717) is 16.3 Å². The van der Waals surface area contributed by atoms with Crippen LogP contribution in [0.3, 0.4) is 0 Å². The molecule has 0 heterocycles. The highest BCUT2D eigenvalue weighted by Gasteiger charge is 2.18.